The maximum absolute atomic E-state index is 12.5. The maximum Gasteiger partial charge on any atom is 0.573 e. The number of carbonyl (C=O) groups is 1. The number of ether oxygens (including phenoxy) is 2. The maximum atomic E-state index is 12.5. The van der Waals surface area contributed by atoms with Crippen molar-refractivity contribution < 1.29 is 27.4 Å². The minimum absolute atomic E-state index is 0.208. The quantitative estimate of drug-likeness (QED) is 0.208. The number of aryl methyl sites for hydroxylation is 1. The van der Waals surface area contributed by atoms with Gasteiger partial charge in [-0.15, -0.1) is 13.2 Å². The van der Waals surface area contributed by atoms with E-state index in [2.05, 4.69) is 49.7 Å². The van der Waals surface area contributed by atoms with Gasteiger partial charge in [0.2, 0.25) is 5.95 Å². The van der Waals surface area contributed by atoms with Gasteiger partial charge < -0.3 is 19.6 Å². The van der Waals surface area contributed by atoms with Crippen LogP contribution >= 0.6 is 0 Å². The minimum atomic E-state index is -4.76. The highest BCUT2D eigenvalue weighted by Gasteiger charge is 2.32. The van der Waals surface area contributed by atoms with Crippen molar-refractivity contribution in [2.45, 2.75) is 72.2 Å². The van der Waals surface area contributed by atoms with Crippen LogP contribution in [0.2, 0.25) is 0 Å². The molecule has 8 nitrogen and oxygen atoms in total. The summed E-state index contributed by atoms with van der Waals surface area (Å²) in [5.74, 6) is 1.11. The van der Waals surface area contributed by atoms with Crippen molar-refractivity contribution in [2.75, 3.05) is 18.5 Å². The fourth-order valence-electron chi connectivity index (χ4n) is 4.28. The number of benzene rings is 1. The molecule has 11 heteroatoms. The Morgan fingerprint density at radius 2 is 1.80 bits per heavy atom. The highest BCUT2D eigenvalue weighted by molar-refractivity contribution is 5.70. The number of hydrogen-bond acceptors (Lipinski definition) is 7. The average molecular weight is 562 g/mol. The molecule has 1 aromatic carbocycles. The first kappa shape index (κ1) is 31.1. The lowest BCUT2D eigenvalue weighted by Crippen LogP contribution is -2.46. The zero-order chi connectivity index (χ0) is 29.3. The van der Waals surface area contributed by atoms with Crippen molar-refractivity contribution >= 4 is 12.1 Å². The molecule has 0 saturated carbocycles. The SMILES string of the molecule is CCCCc1cc(N[C@@](C=O)(COCC(C)C)CC(C)C)nc(-n2cnc(-c3ccc(OC(F)(F)F)cc3)c2)n1. The monoisotopic (exact) mass is 561 g/mol. The molecule has 0 aliphatic heterocycles. The van der Waals surface area contributed by atoms with Gasteiger partial charge in [0.05, 0.1) is 12.3 Å². The fraction of sp³-hybridized carbons (Fsp3) is 0.517. The van der Waals surface area contributed by atoms with Crippen molar-refractivity contribution in [3.8, 4) is 23.0 Å². The second kappa shape index (κ2) is 13.7. The highest BCUT2D eigenvalue weighted by Crippen LogP contribution is 2.27. The molecule has 0 radical (unpaired) electrons. The van der Waals surface area contributed by atoms with Crippen LogP contribution in [0.1, 0.15) is 59.6 Å². The number of aromatic nitrogens is 4. The smallest absolute Gasteiger partial charge is 0.406 e. The van der Waals surface area contributed by atoms with Crippen LogP contribution in [-0.4, -0.2) is 50.9 Å². The predicted octanol–water partition coefficient (Wildman–Crippen LogP) is 6.64. The lowest BCUT2D eigenvalue weighted by molar-refractivity contribution is -0.274. The molecule has 0 saturated heterocycles. The summed E-state index contributed by atoms with van der Waals surface area (Å²) in [7, 11) is 0. The summed E-state index contributed by atoms with van der Waals surface area (Å²) in [6, 6.07) is 7.33. The number of carbonyl (C=O) groups excluding carboxylic acids is 1. The molecule has 218 valence electrons. The van der Waals surface area contributed by atoms with Gasteiger partial charge in [0.15, 0.2) is 0 Å². The largest absolute Gasteiger partial charge is 0.573 e. The van der Waals surface area contributed by atoms with Crippen LogP contribution in [0.15, 0.2) is 42.9 Å². The summed E-state index contributed by atoms with van der Waals surface area (Å²) in [6.07, 6.45) is 2.60. The van der Waals surface area contributed by atoms with Gasteiger partial charge in [-0.2, -0.15) is 4.98 Å². The Bertz CT molecular complexity index is 1230. The van der Waals surface area contributed by atoms with E-state index < -0.39 is 11.9 Å². The van der Waals surface area contributed by atoms with Gasteiger partial charge in [-0.1, -0.05) is 41.0 Å². The third-order valence-electron chi connectivity index (χ3n) is 5.94. The van der Waals surface area contributed by atoms with E-state index in [0.29, 0.717) is 42.0 Å². The molecule has 2 heterocycles. The number of nitrogens with zero attached hydrogens (tertiary/aromatic N) is 4. The zero-order valence-corrected chi connectivity index (χ0v) is 23.7. The number of halogens is 3. The van der Waals surface area contributed by atoms with Crippen molar-refractivity contribution in [1.29, 1.82) is 0 Å². The Morgan fingerprint density at radius 1 is 1.07 bits per heavy atom. The zero-order valence-electron chi connectivity index (χ0n) is 23.7. The van der Waals surface area contributed by atoms with Crippen LogP contribution in [0, 0.1) is 11.8 Å². The molecule has 0 aliphatic rings. The lowest BCUT2D eigenvalue weighted by Gasteiger charge is -2.31. The van der Waals surface area contributed by atoms with Crippen LogP contribution < -0.4 is 10.1 Å². The first-order valence-corrected chi connectivity index (χ1v) is 13.5. The number of nitrogens with one attached hydrogen (secondary N) is 1. The van der Waals surface area contributed by atoms with E-state index in [1.165, 1.54) is 24.3 Å². The molecular weight excluding hydrogens is 523 g/mol. The van der Waals surface area contributed by atoms with Crippen molar-refractivity contribution in [1.82, 2.24) is 19.5 Å². The summed E-state index contributed by atoms with van der Waals surface area (Å²) in [6.45, 7) is 11.1. The number of alkyl halides is 3. The first-order valence-electron chi connectivity index (χ1n) is 13.5. The molecule has 0 fully saturated rings. The Kier molecular flexibility index (Phi) is 10.7. The number of hydrogen-bond donors (Lipinski definition) is 1. The number of aldehydes is 1. The molecule has 0 spiro atoms. The van der Waals surface area contributed by atoms with Gasteiger partial charge in [0.1, 0.15) is 29.7 Å². The Balaban J connectivity index is 1.92. The van der Waals surface area contributed by atoms with Gasteiger partial charge in [0.25, 0.3) is 0 Å². The standard InChI is InChI=1S/C29H38F3N5O3/c1-6-7-8-23-13-26(36-28(17-38,14-20(2)3)18-39-16-21(4)5)35-27(34-23)37-15-25(33-19-37)22-9-11-24(12-10-22)40-29(30,31)32/h9-13,15,17,19-21H,6-8,14,16,18H2,1-5H3,(H,34,35,36)/t28-/m0/s1. The molecule has 0 unspecified atom stereocenters. The summed E-state index contributed by atoms with van der Waals surface area (Å²) < 4.78 is 49.0. The number of unbranched alkanes of at least 4 members (excludes halogenated alkanes) is 1. The lowest BCUT2D eigenvalue weighted by atomic mass is 9.90. The Hall–Kier alpha value is -3.47. The predicted molar refractivity (Wildman–Crippen MR) is 147 cm³/mol. The molecule has 0 aliphatic carbocycles. The van der Waals surface area contributed by atoms with E-state index in [4.69, 9.17) is 14.7 Å². The third-order valence-corrected chi connectivity index (χ3v) is 5.94. The average Bonchev–Trinajstić information content (AvgIpc) is 3.36. The summed E-state index contributed by atoms with van der Waals surface area (Å²) in [5.41, 5.74) is 0.982. The molecule has 0 amide bonds. The van der Waals surface area contributed by atoms with Crippen LogP contribution in [0.25, 0.3) is 17.2 Å². The number of imidazole rings is 1. The van der Waals surface area contributed by atoms with Crippen LogP contribution in [0.4, 0.5) is 19.0 Å². The van der Waals surface area contributed by atoms with Crippen molar-refractivity contribution in [2.24, 2.45) is 11.8 Å². The molecule has 0 bridgehead atoms. The molecule has 1 N–H and O–H groups in total. The highest BCUT2D eigenvalue weighted by atomic mass is 19.4. The second-order valence-corrected chi connectivity index (χ2v) is 10.8. The molecule has 40 heavy (non-hydrogen) atoms. The van der Waals surface area contributed by atoms with Gasteiger partial charge in [-0.05, 0) is 55.4 Å². The van der Waals surface area contributed by atoms with Gasteiger partial charge in [0, 0.05) is 30.1 Å². The molecule has 3 aromatic rings. The van der Waals surface area contributed by atoms with Crippen LogP contribution in [0.5, 0.6) is 5.75 Å². The first-order chi connectivity index (χ1) is 18.9. The van der Waals surface area contributed by atoms with Crippen LogP contribution in [0.3, 0.4) is 0 Å². The molecular formula is C29H38F3N5O3. The Morgan fingerprint density at radius 3 is 2.40 bits per heavy atom. The topological polar surface area (TPSA) is 91.2 Å². The summed E-state index contributed by atoms with van der Waals surface area (Å²) in [5, 5.41) is 3.35. The van der Waals surface area contributed by atoms with Crippen molar-refractivity contribution in [3.63, 3.8) is 0 Å². The van der Waals surface area contributed by atoms with E-state index in [-0.39, 0.29) is 18.3 Å². The van der Waals surface area contributed by atoms with Crippen LogP contribution in [-0.2, 0) is 16.0 Å². The normalized spacial score (nSPS) is 13.4. The van der Waals surface area contributed by atoms with E-state index in [0.717, 1.165) is 31.2 Å². The van der Waals surface area contributed by atoms with Gasteiger partial charge >= 0.3 is 6.36 Å². The second-order valence-electron chi connectivity index (χ2n) is 10.8. The summed E-state index contributed by atoms with van der Waals surface area (Å²) >= 11 is 0. The molecule has 3 rings (SSSR count). The van der Waals surface area contributed by atoms with Gasteiger partial charge in [-0.3, -0.25) is 4.57 Å². The number of anilines is 1. The third kappa shape index (κ3) is 9.32. The van der Waals surface area contributed by atoms with E-state index in [9.17, 15) is 18.0 Å². The van der Waals surface area contributed by atoms with E-state index in [1.807, 2.05) is 6.07 Å². The fourth-order valence-corrected chi connectivity index (χ4v) is 4.28. The van der Waals surface area contributed by atoms with E-state index in [1.54, 1.807) is 17.1 Å². The Labute approximate surface area is 233 Å². The number of rotatable bonds is 15. The summed E-state index contributed by atoms with van der Waals surface area (Å²) in [4.78, 5) is 26.3. The molecule has 1 atom stereocenters. The van der Waals surface area contributed by atoms with E-state index >= 15 is 0 Å². The minimum Gasteiger partial charge on any atom is -0.406 e. The van der Waals surface area contributed by atoms with Gasteiger partial charge in [-0.25, -0.2) is 9.97 Å². The molecule has 2 aromatic heterocycles. The van der Waals surface area contributed by atoms with Crippen molar-refractivity contribution in [3.05, 3.63) is 48.5 Å².